The fourth-order valence-corrected chi connectivity index (χ4v) is 1.91. The molecule has 0 fully saturated rings. The molecular weight excluding hydrogens is 272 g/mol. The first-order valence-corrected chi connectivity index (χ1v) is 6.45. The number of rotatable bonds is 2. The molecule has 2 aromatic heterocycles. The highest BCUT2D eigenvalue weighted by Crippen LogP contribution is 2.28. The third-order valence-electron chi connectivity index (χ3n) is 1.88. The first kappa shape index (κ1) is 13.0. The summed E-state index contributed by atoms with van der Waals surface area (Å²) in [6.07, 6.45) is 0. The fraction of sp³-hybridized carbons (Fsp3) is 0.364. The summed E-state index contributed by atoms with van der Waals surface area (Å²) in [5.41, 5.74) is 5.70. The maximum Gasteiger partial charge on any atom is 0.214 e. The summed E-state index contributed by atoms with van der Waals surface area (Å²) >= 11 is 7.18. The molecule has 0 atom stereocenters. The van der Waals surface area contributed by atoms with Crippen LogP contribution in [0.1, 0.15) is 20.8 Å². The van der Waals surface area contributed by atoms with Crippen molar-refractivity contribution in [1.82, 2.24) is 14.3 Å². The van der Waals surface area contributed by atoms with Gasteiger partial charge in [-0.25, -0.2) is 4.98 Å². The fourth-order valence-electron chi connectivity index (χ4n) is 1.28. The number of hydrogen-bond acceptors (Lipinski definition) is 6. The molecule has 5 nitrogen and oxygen atoms in total. The third-order valence-corrected chi connectivity index (χ3v) is 2.73. The molecule has 7 heteroatoms. The van der Waals surface area contributed by atoms with Gasteiger partial charge in [0.15, 0.2) is 11.0 Å². The number of hydrogen-bond donors (Lipinski definition) is 1. The van der Waals surface area contributed by atoms with E-state index in [0.29, 0.717) is 27.6 Å². The minimum atomic E-state index is -0.327. The third kappa shape index (κ3) is 3.08. The van der Waals surface area contributed by atoms with Gasteiger partial charge in [0.1, 0.15) is 11.3 Å². The number of nitrogens with two attached hydrogens (primary N) is 1. The van der Waals surface area contributed by atoms with Crippen LogP contribution < -0.4 is 10.5 Å². The molecule has 0 bridgehead atoms. The van der Waals surface area contributed by atoms with Crippen molar-refractivity contribution in [3.05, 3.63) is 17.2 Å². The van der Waals surface area contributed by atoms with Crippen molar-refractivity contribution in [2.24, 2.45) is 0 Å². The van der Waals surface area contributed by atoms with Crippen molar-refractivity contribution in [2.45, 2.75) is 26.4 Å². The number of anilines is 1. The number of nitrogen functional groups attached to an aromatic ring is 1. The van der Waals surface area contributed by atoms with E-state index in [1.807, 2.05) is 20.8 Å². The average molecular weight is 285 g/mol. The molecule has 0 aromatic carbocycles. The Kier molecular flexibility index (Phi) is 3.41. The molecule has 0 aliphatic heterocycles. The van der Waals surface area contributed by atoms with E-state index in [0.717, 1.165) is 11.5 Å². The predicted octanol–water partition coefficient (Wildman–Crippen LogP) is 3.01. The van der Waals surface area contributed by atoms with Crippen LogP contribution in [0.3, 0.4) is 0 Å². The van der Waals surface area contributed by atoms with Crippen LogP contribution in [0.4, 0.5) is 5.13 Å². The van der Waals surface area contributed by atoms with Crippen LogP contribution in [0.15, 0.2) is 12.1 Å². The normalized spacial score (nSPS) is 11.6. The quantitative estimate of drug-likeness (QED) is 0.917. The molecule has 0 saturated carbocycles. The summed E-state index contributed by atoms with van der Waals surface area (Å²) in [7, 11) is 0. The molecule has 2 aromatic rings. The van der Waals surface area contributed by atoms with Crippen molar-refractivity contribution in [2.75, 3.05) is 5.73 Å². The van der Waals surface area contributed by atoms with Crippen LogP contribution in [-0.2, 0) is 0 Å². The Labute approximate surface area is 114 Å². The molecule has 18 heavy (non-hydrogen) atoms. The van der Waals surface area contributed by atoms with Gasteiger partial charge in [-0.1, -0.05) is 11.6 Å². The molecule has 0 saturated heterocycles. The minimum Gasteiger partial charge on any atom is -0.472 e. The van der Waals surface area contributed by atoms with E-state index in [1.165, 1.54) is 0 Å². The second kappa shape index (κ2) is 4.70. The maximum absolute atomic E-state index is 6.08. The van der Waals surface area contributed by atoms with Crippen LogP contribution >= 0.6 is 23.1 Å². The molecular formula is C11H13ClN4OS. The zero-order valence-corrected chi connectivity index (χ0v) is 11.8. The predicted molar refractivity (Wildman–Crippen MR) is 72.9 cm³/mol. The second-order valence-electron chi connectivity index (χ2n) is 4.65. The Hall–Kier alpha value is -1.40. The Morgan fingerprint density at radius 2 is 2.00 bits per heavy atom. The summed E-state index contributed by atoms with van der Waals surface area (Å²) in [6, 6.07) is 3.43. The SMILES string of the molecule is CC(C)(C)Oc1ccc(Cl)c(-c2nsc(N)n2)n1. The molecule has 0 radical (unpaired) electrons. The van der Waals surface area contributed by atoms with E-state index < -0.39 is 0 Å². The highest BCUT2D eigenvalue weighted by atomic mass is 35.5. The first-order chi connectivity index (χ1) is 8.35. The number of aromatic nitrogens is 3. The molecule has 0 aliphatic carbocycles. The van der Waals surface area contributed by atoms with Crippen LogP contribution in [0.2, 0.25) is 5.02 Å². The lowest BCUT2D eigenvalue weighted by Gasteiger charge is -2.20. The monoisotopic (exact) mass is 284 g/mol. The Balaban J connectivity index is 2.39. The average Bonchev–Trinajstić information content (AvgIpc) is 2.66. The van der Waals surface area contributed by atoms with Gasteiger partial charge < -0.3 is 10.5 Å². The molecule has 0 aliphatic rings. The lowest BCUT2D eigenvalue weighted by molar-refractivity contribution is 0.124. The van der Waals surface area contributed by atoms with Gasteiger partial charge in [-0.15, -0.1) is 0 Å². The first-order valence-electron chi connectivity index (χ1n) is 5.30. The number of pyridine rings is 1. The summed E-state index contributed by atoms with van der Waals surface area (Å²) in [5.74, 6) is 0.900. The van der Waals surface area contributed by atoms with Gasteiger partial charge in [-0.2, -0.15) is 9.36 Å². The van der Waals surface area contributed by atoms with Crippen LogP contribution in [-0.4, -0.2) is 19.9 Å². The van der Waals surface area contributed by atoms with Crippen LogP contribution in [0, 0.1) is 0 Å². The van der Waals surface area contributed by atoms with Gasteiger partial charge in [0, 0.05) is 17.6 Å². The summed E-state index contributed by atoms with van der Waals surface area (Å²) < 4.78 is 9.76. The van der Waals surface area contributed by atoms with Crippen molar-refractivity contribution >= 4 is 28.3 Å². The van der Waals surface area contributed by atoms with Crippen molar-refractivity contribution in [1.29, 1.82) is 0 Å². The van der Waals surface area contributed by atoms with Gasteiger partial charge in [0.05, 0.1) is 5.02 Å². The molecule has 2 rings (SSSR count). The van der Waals surface area contributed by atoms with Crippen LogP contribution in [0.25, 0.3) is 11.5 Å². The Bertz CT molecular complexity index is 564. The highest BCUT2D eigenvalue weighted by molar-refractivity contribution is 7.09. The summed E-state index contributed by atoms with van der Waals surface area (Å²) in [6.45, 7) is 5.84. The molecule has 2 heterocycles. The summed E-state index contributed by atoms with van der Waals surface area (Å²) in [5, 5.41) is 0.846. The highest BCUT2D eigenvalue weighted by Gasteiger charge is 2.16. The number of halogens is 1. The van der Waals surface area contributed by atoms with E-state index in [1.54, 1.807) is 12.1 Å². The lowest BCUT2D eigenvalue weighted by Crippen LogP contribution is -2.23. The van der Waals surface area contributed by atoms with Crippen LogP contribution in [0.5, 0.6) is 5.88 Å². The molecule has 96 valence electrons. The number of ether oxygens (including phenoxy) is 1. The lowest BCUT2D eigenvalue weighted by atomic mass is 10.2. The zero-order chi connectivity index (χ0) is 13.3. The standard InChI is InChI=1S/C11H13ClN4OS/c1-11(2,3)17-7-5-4-6(12)8(14-7)9-15-10(13)18-16-9/h4-5H,1-3H3,(H2,13,15,16). The van der Waals surface area contributed by atoms with E-state index in [9.17, 15) is 0 Å². The van der Waals surface area contributed by atoms with E-state index >= 15 is 0 Å². The maximum atomic E-state index is 6.08. The van der Waals surface area contributed by atoms with Gasteiger partial charge >= 0.3 is 0 Å². The van der Waals surface area contributed by atoms with E-state index in [-0.39, 0.29) is 5.60 Å². The van der Waals surface area contributed by atoms with Gasteiger partial charge in [0.2, 0.25) is 5.88 Å². The van der Waals surface area contributed by atoms with E-state index in [4.69, 9.17) is 22.1 Å². The van der Waals surface area contributed by atoms with Gasteiger partial charge in [-0.3, -0.25) is 0 Å². The second-order valence-corrected chi connectivity index (χ2v) is 5.84. The molecule has 0 amide bonds. The molecule has 0 spiro atoms. The smallest absolute Gasteiger partial charge is 0.214 e. The van der Waals surface area contributed by atoms with Gasteiger partial charge in [-0.05, 0) is 26.8 Å². The number of nitrogens with zero attached hydrogens (tertiary/aromatic N) is 3. The Morgan fingerprint density at radius 1 is 1.28 bits per heavy atom. The van der Waals surface area contributed by atoms with Gasteiger partial charge in [0.25, 0.3) is 0 Å². The largest absolute Gasteiger partial charge is 0.472 e. The Morgan fingerprint density at radius 3 is 2.56 bits per heavy atom. The van der Waals surface area contributed by atoms with Crippen molar-refractivity contribution in [3.63, 3.8) is 0 Å². The topological polar surface area (TPSA) is 73.9 Å². The zero-order valence-electron chi connectivity index (χ0n) is 10.3. The van der Waals surface area contributed by atoms with Crippen molar-refractivity contribution < 1.29 is 4.74 Å². The summed E-state index contributed by atoms with van der Waals surface area (Å²) in [4.78, 5) is 8.38. The van der Waals surface area contributed by atoms with Crippen molar-refractivity contribution in [3.8, 4) is 17.4 Å². The molecule has 2 N–H and O–H groups in total. The van der Waals surface area contributed by atoms with E-state index in [2.05, 4.69) is 14.3 Å². The molecule has 0 unspecified atom stereocenters. The minimum absolute atomic E-state index is 0.327.